The molecule has 150 valence electrons. The van der Waals surface area contributed by atoms with Crippen molar-refractivity contribution in [3.63, 3.8) is 0 Å². The molecule has 1 aromatic carbocycles. The Morgan fingerprint density at radius 2 is 2.14 bits per heavy atom. The highest BCUT2D eigenvalue weighted by Crippen LogP contribution is 2.28. The van der Waals surface area contributed by atoms with Gasteiger partial charge in [-0.2, -0.15) is 0 Å². The molecule has 3 aromatic rings. The lowest BCUT2D eigenvalue weighted by atomic mass is 10.2. The van der Waals surface area contributed by atoms with Gasteiger partial charge in [-0.25, -0.2) is 15.0 Å². The van der Waals surface area contributed by atoms with E-state index in [-0.39, 0.29) is 5.91 Å². The maximum Gasteiger partial charge on any atom is 0.267 e. The second-order valence-electron chi connectivity index (χ2n) is 6.46. The summed E-state index contributed by atoms with van der Waals surface area (Å²) in [5.41, 5.74) is 1.49. The number of aryl methyl sites for hydroxylation is 1. The van der Waals surface area contributed by atoms with Gasteiger partial charge in [-0.15, -0.1) is 6.58 Å². The zero-order valence-corrected chi connectivity index (χ0v) is 17.9. The summed E-state index contributed by atoms with van der Waals surface area (Å²) < 4.78 is 0. The van der Waals surface area contributed by atoms with Crippen molar-refractivity contribution in [1.29, 1.82) is 0 Å². The van der Waals surface area contributed by atoms with Gasteiger partial charge >= 0.3 is 0 Å². The number of aromatic nitrogens is 3. The maximum absolute atomic E-state index is 12.6. The molecule has 0 unspecified atom stereocenters. The minimum atomic E-state index is -0.268. The van der Waals surface area contributed by atoms with Crippen LogP contribution in [0.25, 0.3) is 0 Å². The molecule has 29 heavy (non-hydrogen) atoms. The van der Waals surface area contributed by atoms with Gasteiger partial charge in [0.15, 0.2) is 5.13 Å². The Morgan fingerprint density at radius 3 is 2.83 bits per heavy atom. The number of benzene rings is 1. The molecular formula is C20H21ClN6OS. The van der Waals surface area contributed by atoms with Crippen molar-refractivity contribution < 1.29 is 4.79 Å². The van der Waals surface area contributed by atoms with Gasteiger partial charge in [-0.05, 0) is 18.6 Å². The first-order chi connectivity index (χ1) is 13.9. The van der Waals surface area contributed by atoms with Crippen LogP contribution in [0.5, 0.6) is 0 Å². The molecule has 0 aliphatic rings. The molecule has 0 saturated heterocycles. The summed E-state index contributed by atoms with van der Waals surface area (Å²) in [7, 11) is 3.82. The van der Waals surface area contributed by atoms with Crippen LogP contribution in [-0.4, -0.2) is 35.0 Å². The fourth-order valence-electron chi connectivity index (χ4n) is 2.51. The number of hydrogen-bond acceptors (Lipinski definition) is 7. The van der Waals surface area contributed by atoms with Gasteiger partial charge in [0.05, 0.1) is 16.9 Å². The molecule has 7 nitrogen and oxygen atoms in total. The second-order valence-corrected chi connectivity index (χ2v) is 7.89. The number of allylic oxidation sites excluding steroid dienone is 1. The normalized spacial score (nSPS) is 10.5. The Balaban J connectivity index is 1.78. The summed E-state index contributed by atoms with van der Waals surface area (Å²) in [6.07, 6.45) is 3.83. The molecule has 0 radical (unpaired) electrons. The standard InChI is InChI=1S/C20H21ClN6OS/c1-5-7-15-23-16(10-17(24-15)27(3)4)25-20-22-11-14(29-20)19(28)26-18-12(2)8-6-9-13(18)21/h5-6,8-11H,1,7H2,2-4H3,(H,26,28)(H,22,23,24,25). The van der Waals surface area contributed by atoms with Crippen molar-refractivity contribution in [2.75, 3.05) is 29.6 Å². The molecule has 0 fully saturated rings. The van der Waals surface area contributed by atoms with Crippen LogP contribution < -0.4 is 15.5 Å². The predicted molar refractivity (Wildman–Crippen MR) is 120 cm³/mol. The lowest BCUT2D eigenvalue weighted by Gasteiger charge is -2.13. The largest absolute Gasteiger partial charge is 0.363 e. The van der Waals surface area contributed by atoms with E-state index >= 15 is 0 Å². The number of carbonyl (C=O) groups is 1. The third-order valence-corrected chi connectivity index (χ3v) is 5.20. The van der Waals surface area contributed by atoms with Gasteiger partial charge in [-0.1, -0.05) is 41.1 Å². The van der Waals surface area contributed by atoms with Gasteiger partial charge < -0.3 is 15.5 Å². The number of thiazole rings is 1. The average molecular weight is 429 g/mol. The van der Waals surface area contributed by atoms with E-state index in [4.69, 9.17) is 11.6 Å². The fourth-order valence-corrected chi connectivity index (χ4v) is 3.50. The van der Waals surface area contributed by atoms with Gasteiger partial charge in [-0.3, -0.25) is 4.79 Å². The predicted octanol–water partition coefficient (Wildman–Crippen LogP) is 4.69. The molecule has 9 heteroatoms. The quantitative estimate of drug-likeness (QED) is 0.531. The lowest BCUT2D eigenvalue weighted by molar-refractivity contribution is 0.103. The first kappa shape index (κ1) is 20.8. The number of amides is 1. The van der Waals surface area contributed by atoms with Crippen molar-refractivity contribution >= 4 is 51.3 Å². The first-order valence-corrected chi connectivity index (χ1v) is 10.0. The topological polar surface area (TPSA) is 83.0 Å². The van der Waals surface area contributed by atoms with Gasteiger partial charge in [0.2, 0.25) is 0 Å². The van der Waals surface area contributed by atoms with Gasteiger partial charge in [0.25, 0.3) is 5.91 Å². The molecule has 0 aliphatic carbocycles. The Bertz CT molecular complexity index is 1030. The fraction of sp³-hybridized carbons (Fsp3) is 0.200. The highest BCUT2D eigenvalue weighted by atomic mass is 35.5. The Kier molecular flexibility index (Phi) is 6.46. The molecule has 0 spiro atoms. The number of nitrogens with one attached hydrogen (secondary N) is 2. The van der Waals surface area contributed by atoms with Gasteiger partial charge in [0.1, 0.15) is 22.3 Å². The van der Waals surface area contributed by atoms with Crippen LogP contribution in [0.3, 0.4) is 0 Å². The number of carbonyl (C=O) groups excluding carboxylic acids is 1. The molecule has 1 amide bonds. The third-order valence-electron chi connectivity index (χ3n) is 3.97. The average Bonchev–Trinajstić information content (AvgIpc) is 3.13. The summed E-state index contributed by atoms with van der Waals surface area (Å²) in [6, 6.07) is 7.29. The Hall–Kier alpha value is -2.97. The van der Waals surface area contributed by atoms with Crippen LogP contribution in [0.1, 0.15) is 21.1 Å². The zero-order valence-electron chi connectivity index (χ0n) is 16.4. The molecule has 0 saturated carbocycles. The summed E-state index contributed by atoms with van der Waals surface area (Å²) in [5, 5.41) is 7.05. The van der Waals surface area contributed by atoms with E-state index in [1.165, 1.54) is 17.5 Å². The molecule has 2 aromatic heterocycles. The van der Waals surface area contributed by atoms with E-state index < -0.39 is 0 Å². The van der Waals surface area contributed by atoms with E-state index in [0.29, 0.717) is 38.8 Å². The van der Waals surface area contributed by atoms with Crippen LogP contribution in [0.2, 0.25) is 5.02 Å². The van der Waals surface area contributed by atoms with Crippen LogP contribution in [0.15, 0.2) is 43.1 Å². The van der Waals surface area contributed by atoms with E-state index in [1.807, 2.05) is 44.1 Å². The Morgan fingerprint density at radius 1 is 1.34 bits per heavy atom. The monoisotopic (exact) mass is 428 g/mol. The van der Waals surface area contributed by atoms with Crippen molar-refractivity contribution in [2.24, 2.45) is 0 Å². The van der Waals surface area contributed by atoms with Crippen molar-refractivity contribution in [3.8, 4) is 0 Å². The van der Waals surface area contributed by atoms with Gasteiger partial charge in [0, 0.05) is 26.6 Å². The zero-order chi connectivity index (χ0) is 21.0. The first-order valence-electron chi connectivity index (χ1n) is 8.83. The van der Waals surface area contributed by atoms with Crippen LogP contribution in [0, 0.1) is 6.92 Å². The number of anilines is 4. The number of hydrogen-bond donors (Lipinski definition) is 2. The highest BCUT2D eigenvalue weighted by molar-refractivity contribution is 7.17. The van der Waals surface area contributed by atoms with Crippen LogP contribution in [0.4, 0.5) is 22.5 Å². The number of rotatable bonds is 7. The third kappa shape index (κ3) is 5.10. The molecule has 0 atom stereocenters. The van der Waals surface area contributed by atoms with Crippen molar-refractivity contribution in [2.45, 2.75) is 13.3 Å². The SMILES string of the molecule is C=CCc1nc(Nc2ncc(C(=O)Nc3c(C)cccc3Cl)s2)cc(N(C)C)n1. The highest BCUT2D eigenvalue weighted by Gasteiger charge is 2.15. The molecule has 3 rings (SSSR count). The molecule has 2 heterocycles. The molecular weight excluding hydrogens is 408 g/mol. The summed E-state index contributed by atoms with van der Waals surface area (Å²) in [6.45, 7) is 5.62. The lowest BCUT2D eigenvalue weighted by Crippen LogP contribution is -2.13. The minimum absolute atomic E-state index is 0.268. The maximum atomic E-state index is 12.6. The minimum Gasteiger partial charge on any atom is -0.363 e. The van der Waals surface area contributed by atoms with E-state index in [9.17, 15) is 4.79 Å². The summed E-state index contributed by atoms with van der Waals surface area (Å²) >= 11 is 7.42. The number of halogens is 1. The molecule has 0 aliphatic heterocycles. The van der Waals surface area contributed by atoms with E-state index in [0.717, 1.165) is 11.4 Å². The smallest absolute Gasteiger partial charge is 0.267 e. The molecule has 0 bridgehead atoms. The summed E-state index contributed by atoms with van der Waals surface area (Å²) in [4.78, 5) is 28.2. The Labute approximate surface area is 178 Å². The van der Waals surface area contributed by atoms with Crippen LogP contribution in [-0.2, 0) is 6.42 Å². The van der Waals surface area contributed by atoms with Crippen LogP contribution >= 0.6 is 22.9 Å². The summed E-state index contributed by atoms with van der Waals surface area (Å²) in [5.74, 6) is 1.75. The number of nitrogens with zero attached hydrogens (tertiary/aromatic N) is 4. The molecule has 2 N–H and O–H groups in total. The van der Waals surface area contributed by atoms with Crippen molar-refractivity contribution in [3.05, 3.63) is 64.4 Å². The van der Waals surface area contributed by atoms with E-state index in [1.54, 1.807) is 12.1 Å². The van der Waals surface area contributed by atoms with E-state index in [2.05, 4.69) is 32.2 Å². The number of para-hydroxylation sites is 1. The second kappa shape index (κ2) is 9.02. The van der Waals surface area contributed by atoms with Crippen molar-refractivity contribution in [1.82, 2.24) is 15.0 Å².